The highest BCUT2D eigenvalue weighted by atomic mass is 32.2. The number of rotatable bonds is 9. The van der Waals surface area contributed by atoms with Crippen molar-refractivity contribution in [3.05, 3.63) is 130 Å². The van der Waals surface area contributed by atoms with E-state index in [0.717, 1.165) is 16.8 Å². The van der Waals surface area contributed by atoms with Crippen LogP contribution in [0.5, 0.6) is 17.2 Å². The lowest BCUT2D eigenvalue weighted by Gasteiger charge is -2.24. The average molecular weight is 625 g/mol. The first-order valence-corrected chi connectivity index (χ1v) is 13.8. The molecule has 0 radical (unpaired) electrons. The molecule has 1 atom stereocenters. The lowest BCUT2D eigenvalue weighted by molar-refractivity contribution is 0.0737. The van der Waals surface area contributed by atoms with Gasteiger partial charge in [0.05, 0.1) is 14.2 Å². The van der Waals surface area contributed by atoms with E-state index in [-0.39, 0.29) is 28.9 Å². The molecular weight excluding hydrogens is 600 g/mol. The summed E-state index contributed by atoms with van der Waals surface area (Å²) >= 11 is 1.06. The Bertz CT molecular complexity index is 1760. The lowest BCUT2D eigenvalue weighted by atomic mass is 10.1. The summed E-state index contributed by atoms with van der Waals surface area (Å²) < 4.78 is 73.9. The summed E-state index contributed by atoms with van der Waals surface area (Å²) in [5.74, 6) is -4.83. The second kappa shape index (κ2) is 12.7. The molecule has 0 saturated heterocycles. The monoisotopic (exact) mass is 624 g/mol. The molecule has 0 saturated carbocycles. The Labute approximate surface area is 254 Å². The Hall–Kier alpha value is -4.97. The predicted octanol–water partition coefficient (Wildman–Crippen LogP) is 7.62. The van der Waals surface area contributed by atoms with Gasteiger partial charge in [0, 0.05) is 34.4 Å². The zero-order valence-electron chi connectivity index (χ0n) is 23.3. The molecule has 0 fully saturated rings. The number of aliphatic hydroxyl groups is 1. The van der Waals surface area contributed by atoms with E-state index in [1.165, 1.54) is 38.5 Å². The predicted molar refractivity (Wildman–Crippen MR) is 158 cm³/mol. The van der Waals surface area contributed by atoms with Crippen LogP contribution in [0.2, 0.25) is 0 Å². The second-order valence-electron chi connectivity index (χ2n) is 9.42. The average Bonchev–Trinajstić information content (AvgIpc) is 3.44. The van der Waals surface area contributed by atoms with E-state index in [9.17, 15) is 27.5 Å². The number of amides is 1. The summed E-state index contributed by atoms with van der Waals surface area (Å²) in [6, 6.07) is 16.0. The highest BCUT2D eigenvalue weighted by Gasteiger charge is 2.39. The molecule has 1 heterocycles. The zero-order chi connectivity index (χ0) is 31.5. The van der Waals surface area contributed by atoms with Gasteiger partial charge >= 0.3 is 0 Å². The number of thioether (sulfide) groups is 1. The minimum absolute atomic E-state index is 0.0188. The van der Waals surface area contributed by atoms with Crippen LogP contribution in [0.25, 0.3) is 5.76 Å². The van der Waals surface area contributed by atoms with Crippen LogP contribution in [0.3, 0.4) is 0 Å². The number of carbonyl (C=O) groups excluding carboxylic acids is 1. The van der Waals surface area contributed by atoms with Gasteiger partial charge in [-0.25, -0.2) is 22.6 Å². The van der Waals surface area contributed by atoms with Gasteiger partial charge in [0.1, 0.15) is 57.4 Å². The Morgan fingerprint density at radius 1 is 0.932 bits per heavy atom. The fourth-order valence-electron chi connectivity index (χ4n) is 4.51. The quantitative estimate of drug-likeness (QED) is 0.153. The smallest absolute Gasteiger partial charge is 0.281 e. The SMILES string of the molecule is C=C(O)c1ccc(COc2cccc(C3SC(c4ccc(F)cc4)=NN3C(=O)c3c(F)cc(F)cc3F)c2OC)c(OC)c1. The van der Waals surface area contributed by atoms with E-state index in [0.29, 0.717) is 40.1 Å². The van der Waals surface area contributed by atoms with Gasteiger partial charge in [-0.15, -0.1) is 0 Å². The van der Waals surface area contributed by atoms with Gasteiger partial charge in [0.15, 0.2) is 11.5 Å². The fraction of sp³-hybridized carbons (Fsp3) is 0.125. The number of benzene rings is 4. The molecular formula is C32H24F4N2O5S. The molecule has 7 nitrogen and oxygen atoms in total. The number of aliphatic hydroxyl groups excluding tert-OH is 1. The van der Waals surface area contributed by atoms with Crippen molar-refractivity contribution in [2.45, 2.75) is 12.0 Å². The van der Waals surface area contributed by atoms with Crippen LogP contribution >= 0.6 is 11.8 Å². The number of ether oxygens (including phenoxy) is 3. The molecule has 1 N–H and O–H groups in total. The lowest BCUT2D eigenvalue weighted by Crippen LogP contribution is -2.28. The maximum absolute atomic E-state index is 14.7. The number of carbonyl (C=O) groups is 1. The summed E-state index contributed by atoms with van der Waals surface area (Å²) in [6.45, 7) is 3.53. The molecule has 1 aliphatic rings. The van der Waals surface area contributed by atoms with Crippen molar-refractivity contribution >= 4 is 28.5 Å². The van der Waals surface area contributed by atoms with E-state index >= 15 is 0 Å². The summed E-state index contributed by atoms with van der Waals surface area (Å²) in [5, 5.41) is 14.2. The van der Waals surface area contributed by atoms with Gasteiger partial charge in [-0.3, -0.25) is 4.79 Å². The van der Waals surface area contributed by atoms with Crippen molar-refractivity contribution in [2.75, 3.05) is 14.2 Å². The van der Waals surface area contributed by atoms with Crippen molar-refractivity contribution < 1.29 is 41.7 Å². The normalized spacial score (nSPS) is 14.3. The maximum atomic E-state index is 14.7. The molecule has 4 aromatic carbocycles. The van der Waals surface area contributed by atoms with Crippen LogP contribution in [-0.2, 0) is 6.61 Å². The number of methoxy groups -OCH3 is 2. The van der Waals surface area contributed by atoms with Crippen LogP contribution in [0.4, 0.5) is 17.6 Å². The van der Waals surface area contributed by atoms with Crippen molar-refractivity contribution in [1.82, 2.24) is 5.01 Å². The van der Waals surface area contributed by atoms with Gasteiger partial charge < -0.3 is 19.3 Å². The molecule has 0 spiro atoms. The zero-order valence-corrected chi connectivity index (χ0v) is 24.1. The van der Waals surface area contributed by atoms with Crippen LogP contribution in [0.1, 0.15) is 38.0 Å². The van der Waals surface area contributed by atoms with E-state index in [4.69, 9.17) is 14.2 Å². The van der Waals surface area contributed by atoms with Gasteiger partial charge in [-0.1, -0.05) is 42.6 Å². The maximum Gasteiger partial charge on any atom is 0.281 e. The van der Waals surface area contributed by atoms with E-state index in [1.807, 2.05) is 0 Å². The Balaban J connectivity index is 1.53. The molecule has 1 amide bonds. The molecule has 0 aliphatic carbocycles. The summed E-state index contributed by atoms with van der Waals surface area (Å²) in [7, 11) is 2.86. The number of hydrazone groups is 1. The van der Waals surface area contributed by atoms with E-state index in [1.54, 1.807) is 36.4 Å². The number of hydrogen-bond acceptors (Lipinski definition) is 7. The molecule has 226 valence electrons. The molecule has 4 aromatic rings. The van der Waals surface area contributed by atoms with Crippen LogP contribution in [0.15, 0.2) is 84.5 Å². The second-order valence-corrected chi connectivity index (χ2v) is 10.5. The summed E-state index contributed by atoms with van der Waals surface area (Å²) in [6.07, 6.45) is 0. The van der Waals surface area contributed by atoms with Crippen LogP contribution < -0.4 is 14.2 Å². The first kappa shape index (κ1) is 30.5. The topological polar surface area (TPSA) is 80.6 Å². The fourth-order valence-corrected chi connectivity index (χ4v) is 5.69. The third-order valence-electron chi connectivity index (χ3n) is 6.65. The van der Waals surface area contributed by atoms with Crippen molar-refractivity contribution in [2.24, 2.45) is 5.10 Å². The standard InChI is InChI=1S/C32H24F4N2O5S/c1-17(39)19-7-8-20(27(13-19)41-2)16-43-26-6-4-5-23(29(26)42-3)32-38(31(40)28-24(35)14-22(34)15-25(28)36)37-30(44-32)18-9-11-21(33)12-10-18/h4-15,32,39H,1,16H2,2-3H3. The molecule has 12 heteroatoms. The summed E-state index contributed by atoms with van der Waals surface area (Å²) in [4.78, 5) is 13.6. The third-order valence-corrected chi connectivity index (χ3v) is 7.86. The first-order valence-electron chi connectivity index (χ1n) is 13.0. The number of para-hydroxylation sites is 1. The summed E-state index contributed by atoms with van der Waals surface area (Å²) in [5.41, 5.74) is 0.934. The van der Waals surface area contributed by atoms with Crippen LogP contribution in [0, 0.1) is 23.3 Å². The molecule has 5 rings (SSSR count). The molecule has 1 aliphatic heterocycles. The minimum Gasteiger partial charge on any atom is -0.508 e. The van der Waals surface area contributed by atoms with Crippen molar-refractivity contribution in [3.63, 3.8) is 0 Å². The van der Waals surface area contributed by atoms with Crippen molar-refractivity contribution in [1.29, 1.82) is 0 Å². The molecule has 0 bridgehead atoms. The first-order chi connectivity index (χ1) is 21.1. The molecule has 44 heavy (non-hydrogen) atoms. The minimum atomic E-state index is -1.39. The Kier molecular flexibility index (Phi) is 8.81. The van der Waals surface area contributed by atoms with Crippen LogP contribution in [-0.4, -0.2) is 35.3 Å². The highest BCUT2D eigenvalue weighted by Crippen LogP contribution is 2.48. The van der Waals surface area contributed by atoms with E-state index < -0.39 is 40.1 Å². The highest BCUT2D eigenvalue weighted by molar-refractivity contribution is 8.14. The van der Waals surface area contributed by atoms with Gasteiger partial charge in [0.2, 0.25) is 0 Å². The molecule has 0 aromatic heterocycles. The Morgan fingerprint density at radius 3 is 2.27 bits per heavy atom. The third kappa shape index (κ3) is 6.06. The van der Waals surface area contributed by atoms with Gasteiger partial charge in [-0.2, -0.15) is 5.10 Å². The Morgan fingerprint density at radius 2 is 1.64 bits per heavy atom. The number of halogens is 4. The number of nitrogens with zero attached hydrogens (tertiary/aromatic N) is 2. The number of hydrogen-bond donors (Lipinski definition) is 1. The van der Waals surface area contributed by atoms with Crippen molar-refractivity contribution in [3.8, 4) is 17.2 Å². The van der Waals surface area contributed by atoms with Gasteiger partial charge in [0.25, 0.3) is 5.91 Å². The van der Waals surface area contributed by atoms with E-state index in [2.05, 4.69) is 11.7 Å². The van der Waals surface area contributed by atoms with Gasteiger partial charge in [-0.05, 0) is 36.4 Å². The molecule has 1 unspecified atom stereocenters. The largest absolute Gasteiger partial charge is 0.508 e.